The van der Waals surface area contributed by atoms with Crippen molar-refractivity contribution in [2.24, 2.45) is 7.05 Å². The minimum atomic E-state index is 0.838. The zero-order valence-electron chi connectivity index (χ0n) is 15.8. The summed E-state index contributed by atoms with van der Waals surface area (Å²) in [6.07, 6.45) is 4.48. The number of rotatable bonds is 9. The molecule has 1 N–H and O–H groups in total. The van der Waals surface area contributed by atoms with Crippen LogP contribution in [-0.2, 0) is 13.6 Å². The molecule has 2 heterocycles. The third-order valence-corrected chi connectivity index (χ3v) is 5.13. The van der Waals surface area contributed by atoms with Gasteiger partial charge in [-0.2, -0.15) is 0 Å². The largest absolute Gasteiger partial charge is 0.342 e. The molecule has 0 fully saturated rings. The van der Waals surface area contributed by atoms with Gasteiger partial charge in [0.25, 0.3) is 0 Å². The first-order valence-electron chi connectivity index (χ1n) is 9.49. The molecule has 4 nitrogen and oxygen atoms in total. The maximum atomic E-state index is 4.64. The second kappa shape index (κ2) is 8.45. The predicted molar refractivity (Wildman–Crippen MR) is 107 cm³/mol. The fourth-order valence-corrected chi connectivity index (χ4v) is 3.54. The molecule has 0 atom stereocenters. The highest BCUT2D eigenvalue weighted by Gasteiger charge is 2.08. The zero-order chi connectivity index (χ0) is 17.6. The number of pyridine rings is 1. The molecule has 0 spiro atoms. The Balaban J connectivity index is 1.57. The highest BCUT2D eigenvalue weighted by Crippen LogP contribution is 2.27. The van der Waals surface area contributed by atoms with Gasteiger partial charge in [0, 0.05) is 29.9 Å². The topological polar surface area (TPSA) is 33.1 Å². The van der Waals surface area contributed by atoms with E-state index in [0.29, 0.717) is 0 Å². The molecule has 0 amide bonds. The van der Waals surface area contributed by atoms with Crippen molar-refractivity contribution < 1.29 is 0 Å². The van der Waals surface area contributed by atoms with E-state index in [9.17, 15) is 0 Å². The van der Waals surface area contributed by atoms with E-state index in [-0.39, 0.29) is 0 Å². The van der Waals surface area contributed by atoms with Crippen molar-refractivity contribution in [3.63, 3.8) is 0 Å². The maximum absolute atomic E-state index is 4.64. The lowest BCUT2D eigenvalue weighted by Gasteiger charge is -2.17. The first-order chi connectivity index (χ1) is 12.2. The molecule has 0 bridgehead atoms. The van der Waals surface area contributed by atoms with E-state index in [0.717, 1.165) is 31.9 Å². The number of unbranched alkanes of at least 4 members (excludes halogenated alkanes) is 1. The minimum absolute atomic E-state index is 0.838. The van der Waals surface area contributed by atoms with Crippen molar-refractivity contribution in [1.82, 2.24) is 19.8 Å². The first kappa shape index (κ1) is 17.9. The number of aryl methyl sites for hydroxylation is 1. The highest BCUT2D eigenvalue weighted by atomic mass is 15.1. The van der Waals surface area contributed by atoms with Gasteiger partial charge in [-0.15, -0.1) is 0 Å². The van der Waals surface area contributed by atoms with Crippen LogP contribution in [-0.4, -0.2) is 40.6 Å². The third kappa shape index (κ3) is 4.02. The zero-order valence-corrected chi connectivity index (χ0v) is 15.8. The Bertz CT molecular complexity index is 817. The third-order valence-electron chi connectivity index (χ3n) is 5.13. The Kier molecular flexibility index (Phi) is 6.05. The number of hydrogen-bond acceptors (Lipinski definition) is 3. The molecule has 0 aliphatic rings. The summed E-state index contributed by atoms with van der Waals surface area (Å²) < 4.78 is 2.22. The lowest BCUT2D eigenvalue weighted by atomic mass is 10.1. The number of aromatic nitrogens is 2. The summed E-state index contributed by atoms with van der Waals surface area (Å²) in [6.45, 7) is 9.86. The van der Waals surface area contributed by atoms with Crippen molar-refractivity contribution in [2.75, 3.05) is 26.2 Å². The monoisotopic (exact) mass is 338 g/mol. The number of fused-ring (bicyclic) bond motifs is 3. The van der Waals surface area contributed by atoms with Crippen molar-refractivity contribution in [3.05, 3.63) is 42.2 Å². The molecule has 0 aliphatic carbocycles. The molecule has 0 radical (unpaired) electrons. The predicted octanol–water partition coefficient (Wildman–Crippen LogP) is 3.94. The normalized spacial score (nSPS) is 11.8. The number of nitrogens with zero attached hydrogens (tertiary/aromatic N) is 3. The molecule has 3 rings (SSSR count). The number of nitrogens with one attached hydrogen (secondary N) is 1. The van der Waals surface area contributed by atoms with Crippen molar-refractivity contribution in [3.8, 4) is 0 Å². The van der Waals surface area contributed by atoms with Crippen molar-refractivity contribution in [2.45, 2.75) is 33.2 Å². The quantitative estimate of drug-likeness (QED) is 0.600. The molecular formula is C21H30N4. The summed E-state index contributed by atoms with van der Waals surface area (Å²) in [5, 5.41) is 6.15. The van der Waals surface area contributed by atoms with Crippen LogP contribution in [0.25, 0.3) is 21.8 Å². The van der Waals surface area contributed by atoms with Gasteiger partial charge in [0.15, 0.2) is 0 Å². The lowest BCUT2D eigenvalue weighted by molar-refractivity contribution is 0.296. The molecule has 2 aromatic heterocycles. The van der Waals surface area contributed by atoms with Gasteiger partial charge in [-0.3, -0.25) is 4.98 Å². The standard InChI is InChI=1S/C21H30N4/c1-4-25(5-2)13-9-8-12-22-15-17-14-19-18-10-6-7-11-20(18)24(3)21(19)16-23-17/h6-7,10-11,14,16,22H,4-5,8-9,12-13,15H2,1-3H3. The SMILES string of the molecule is CCN(CC)CCCCNCc1cc2c3ccccc3n(C)c2cn1. The molecule has 0 unspecified atom stereocenters. The van der Waals surface area contributed by atoms with E-state index < -0.39 is 0 Å². The summed E-state index contributed by atoms with van der Waals surface area (Å²) >= 11 is 0. The van der Waals surface area contributed by atoms with Crippen LogP contribution in [0, 0.1) is 0 Å². The van der Waals surface area contributed by atoms with E-state index in [1.807, 2.05) is 6.20 Å². The van der Waals surface area contributed by atoms with Crippen LogP contribution in [0.2, 0.25) is 0 Å². The number of benzene rings is 1. The van der Waals surface area contributed by atoms with Gasteiger partial charge in [0.1, 0.15) is 0 Å². The fraction of sp³-hybridized carbons (Fsp3) is 0.476. The van der Waals surface area contributed by atoms with Crippen LogP contribution >= 0.6 is 0 Å². The lowest BCUT2D eigenvalue weighted by Crippen LogP contribution is -2.25. The van der Waals surface area contributed by atoms with Gasteiger partial charge in [0.2, 0.25) is 0 Å². The average Bonchev–Trinajstić information content (AvgIpc) is 2.94. The maximum Gasteiger partial charge on any atom is 0.0675 e. The minimum Gasteiger partial charge on any atom is -0.342 e. The second-order valence-electron chi connectivity index (χ2n) is 6.68. The van der Waals surface area contributed by atoms with E-state index in [1.165, 1.54) is 41.2 Å². The summed E-state index contributed by atoms with van der Waals surface area (Å²) in [5.74, 6) is 0. The summed E-state index contributed by atoms with van der Waals surface area (Å²) in [7, 11) is 2.11. The van der Waals surface area contributed by atoms with E-state index in [2.05, 4.69) is 71.0 Å². The molecule has 0 saturated heterocycles. The van der Waals surface area contributed by atoms with Gasteiger partial charge in [-0.1, -0.05) is 32.0 Å². The number of hydrogen-bond donors (Lipinski definition) is 1. The highest BCUT2D eigenvalue weighted by molar-refractivity contribution is 6.07. The van der Waals surface area contributed by atoms with Crippen molar-refractivity contribution in [1.29, 1.82) is 0 Å². The van der Waals surface area contributed by atoms with E-state index >= 15 is 0 Å². The van der Waals surface area contributed by atoms with Crippen LogP contribution < -0.4 is 5.32 Å². The second-order valence-corrected chi connectivity index (χ2v) is 6.68. The Labute approximate surface area is 150 Å². The molecule has 0 saturated carbocycles. The van der Waals surface area contributed by atoms with Crippen molar-refractivity contribution >= 4 is 21.8 Å². The Morgan fingerprint density at radius 1 is 1.04 bits per heavy atom. The van der Waals surface area contributed by atoms with Gasteiger partial charge in [-0.25, -0.2) is 0 Å². The Morgan fingerprint density at radius 2 is 1.84 bits per heavy atom. The molecule has 1 aromatic carbocycles. The summed E-state index contributed by atoms with van der Waals surface area (Å²) in [4.78, 5) is 7.13. The Hall–Kier alpha value is -1.91. The summed E-state index contributed by atoms with van der Waals surface area (Å²) in [6, 6.07) is 10.8. The van der Waals surface area contributed by atoms with Gasteiger partial charge in [0.05, 0.1) is 17.4 Å². The smallest absolute Gasteiger partial charge is 0.0675 e. The molecule has 0 aliphatic heterocycles. The number of para-hydroxylation sites is 1. The molecular weight excluding hydrogens is 308 g/mol. The van der Waals surface area contributed by atoms with Crippen LogP contribution in [0.5, 0.6) is 0 Å². The first-order valence-corrected chi connectivity index (χ1v) is 9.49. The molecule has 134 valence electrons. The van der Waals surface area contributed by atoms with Crippen LogP contribution in [0.15, 0.2) is 36.5 Å². The van der Waals surface area contributed by atoms with Gasteiger partial charge >= 0.3 is 0 Å². The summed E-state index contributed by atoms with van der Waals surface area (Å²) in [5.41, 5.74) is 3.58. The van der Waals surface area contributed by atoms with Gasteiger partial charge in [-0.05, 0) is 51.2 Å². The van der Waals surface area contributed by atoms with E-state index in [4.69, 9.17) is 0 Å². The Morgan fingerprint density at radius 3 is 2.64 bits per heavy atom. The van der Waals surface area contributed by atoms with Crippen LogP contribution in [0.3, 0.4) is 0 Å². The molecule has 4 heteroatoms. The van der Waals surface area contributed by atoms with Crippen LogP contribution in [0.4, 0.5) is 0 Å². The van der Waals surface area contributed by atoms with Crippen LogP contribution in [0.1, 0.15) is 32.4 Å². The fourth-order valence-electron chi connectivity index (χ4n) is 3.54. The molecule has 3 aromatic rings. The van der Waals surface area contributed by atoms with E-state index in [1.54, 1.807) is 0 Å². The van der Waals surface area contributed by atoms with Gasteiger partial charge < -0.3 is 14.8 Å². The average molecular weight is 338 g/mol. The molecule has 25 heavy (non-hydrogen) atoms.